The van der Waals surface area contributed by atoms with Crippen LogP contribution in [0.5, 0.6) is 0 Å². The fourth-order valence-corrected chi connectivity index (χ4v) is 5.96. The van der Waals surface area contributed by atoms with Crippen molar-refractivity contribution in [2.75, 3.05) is 11.1 Å². The van der Waals surface area contributed by atoms with E-state index in [2.05, 4.69) is 20.6 Å². The van der Waals surface area contributed by atoms with Gasteiger partial charge in [-0.05, 0) is 42.5 Å². The zero-order valence-electron chi connectivity index (χ0n) is 17.5. The molecule has 0 unspecified atom stereocenters. The molecular formula is C23H17N5O4S2. The number of benzene rings is 2. The van der Waals surface area contributed by atoms with E-state index in [1.807, 2.05) is 6.07 Å². The number of nitrogens with one attached hydrogen (secondary N) is 2. The third kappa shape index (κ3) is 3.91. The van der Waals surface area contributed by atoms with E-state index >= 15 is 0 Å². The van der Waals surface area contributed by atoms with Crippen LogP contribution in [0.25, 0.3) is 10.6 Å². The number of thiazole rings is 1. The summed E-state index contributed by atoms with van der Waals surface area (Å²) in [5.74, 6) is -0.549. The topological polar surface area (TPSA) is 144 Å². The van der Waals surface area contributed by atoms with Crippen LogP contribution < -0.4 is 16.4 Å². The molecule has 0 spiro atoms. The van der Waals surface area contributed by atoms with E-state index in [0.29, 0.717) is 5.82 Å². The smallest absolute Gasteiger partial charge is 0.257 e. The zero-order chi connectivity index (χ0) is 23.9. The van der Waals surface area contributed by atoms with Crippen LogP contribution in [0.15, 0.2) is 76.8 Å². The Balaban J connectivity index is 1.35. The molecule has 170 valence electrons. The van der Waals surface area contributed by atoms with Crippen molar-refractivity contribution < 1.29 is 18.0 Å². The Bertz CT molecular complexity index is 1550. The highest BCUT2D eigenvalue weighted by Crippen LogP contribution is 2.34. The van der Waals surface area contributed by atoms with Gasteiger partial charge in [-0.25, -0.2) is 18.4 Å². The number of hydrogen-bond donors (Lipinski definition) is 3. The first kappa shape index (κ1) is 21.7. The predicted octanol–water partition coefficient (Wildman–Crippen LogP) is 3.12. The first-order valence-electron chi connectivity index (χ1n) is 10.1. The molecule has 0 bridgehead atoms. The second-order valence-electron chi connectivity index (χ2n) is 7.45. The van der Waals surface area contributed by atoms with E-state index in [1.54, 1.807) is 30.6 Å². The highest BCUT2D eigenvalue weighted by Gasteiger charge is 2.31. The number of carbonyl (C=O) groups excluding carboxylic acids is 2. The third-order valence-electron chi connectivity index (χ3n) is 5.21. The van der Waals surface area contributed by atoms with Gasteiger partial charge in [-0.15, -0.1) is 11.3 Å². The number of rotatable bonds is 4. The Morgan fingerprint density at radius 2 is 1.85 bits per heavy atom. The van der Waals surface area contributed by atoms with Gasteiger partial charge in [0.05, 0.1) is 27.6 Å². The van der Waals surface area contributed by atoms with E-state index in [0.717, 1.165) is 15.4 Å². The van der Waals surface area contributed by atoms with Crippen LogP contribution >= 0.6 is 11.3 Å². The summed E-state index contributed by atoms with van der Waals surface area (Å²) in [5, 5.41) is 6.15. The summed E-state index contributed by atoms with van der Waals surface area (Å²) in [5.41, 5.74) is 6.76. The maximum absolute atomic E-state index is 13.1. The van der Waals surface area contributed by atoms with E-state index in [1.165, 1.54) is 41.7 Å². The molecule has 0 aliphatic carbocycles. The summed E-state index contributed by atoms with van der Waals surface area (Å²) in [7, 11) is -3.93. The first-order chi connectivity index (χ1) is 16.3. The Kier molecular flexibility index (Phi) is 5.34. The van der Waals surface area contributed by atoms with Gasteiger partial charge in [0, 0.05) is 28.4 Å². The lowest BCUT2D eigenvalue weighted by atomic mass is 10.1. The Morgan fingerprint density at radius 3 is 2.65 bits per heavy atom. The molecule has 4 N–H and O–H groups in total. The van der Waals surface area contributed by atoms with Crippen LogP contribution in [0, 0.1) is 0 Å². The number of amides is 2. The lowest BCUT2D eigenvalue weighted by molar-refractivity contribution is 0.0949. The average molecular weight is 492 g/mol. The second kappa shape index (κ2) is 8.36. The maximum atomic E-state index is 13.1. The van der Waals surface area contributed by atoms with Crippen LogP contribution in [-0.2, 0) is 16.4 Å². The highest BCUT2D eigenvalue weighted by atomic mass is 32.2. The molecule has 0 fully saturated rings. The van der Waals surface area contributed by atoms with Crippen molar-refractivity contribution in [3.63, 3.8) is 0 Å². The van der Waals surface area contributed by atoms with Gasteiger partial charge >= 0.3 is 0 Å². The molecule has 2 aromatic heterocycles. The van der Waals surface area contributed by atoms with Crippen LogP contribution in [0.2, 0.25) is 0 Å². The van der Waals surface area contributed by atoms with Gasteiger partial charge in [0.1, 0.15) is 10.8 Å². The molecule has 11 heteroatoms. The fraction of sp³-hybridized carbons (Fsp3) is 0.0435. The predicted molar refractivity (Wildman–Crippen MR) is 127 cm³/mol. The molecule has 5 rings (SSSR count). The van der Waals surface area contributed by atoms with Gasteiger partial charge in [0.25, 0.3) is 11.8 Å². The lowest BCUT2D eigenvalue weighted by Gasteiger charge is -2.10. The number of pyridine rings is 1. The molecule has 34 heavy (non-hydrogen) atoms. The number of carbonyl (C=O) groups is 2. The Morgan fingerprint density at radius 1 is 1.03 bits per heavy atom. The van der Waals surface area contributed by atoms with Crippen molar-refractivity contribution in [3.8, 4) is 10.6 Å². The SMILES string of the molecule is Nc1ccc(-c2ncc(CNC(=O)c3ccc4c(c3)NC(=O)c3ccccc3S4(=O)=O)s2)cn1. The monoisotopic (exact) mass is 491 g/mol. The molecule has 0 saturated heterocycles. The Labute approximate surface area is 198 Å². The van der Waals surface area contributed by atoms with E-state index < -0.39 is 21.7 Å². The van der Waals surface area contributed by atoms with Crippen LogP contribution in [0.4, 0.5) is 11.5 Å². The number of hydrogen-bond acceptors (Lipinski definition) is 8. The minimum atomic E-state index is -3.93. The van der Waals surface area contributed by atoms with Crippen LogP contribution in [0.1, 0.15) is 25.6 Å². The maximum Gasteiger partial charge on any atom is 0.257 e. The minimum Gasteiger partial charge on any atom is -0.384 e. The molecule has 1 aliphatic rings. The van der Waals surface area contributed by atoms with Gasteiger partial charge in [0.2, 0.25) is 9.84 Å². The Hall–Kier alpha value is -4.09. The standard InChI is InChI=1S/C23H17N5O4S2/c24-20-8-6-14(10-25-20)23-27-12-15(33-23)11-26-21(29)13-5-7-19-17(9-13)28-22(30)16-3-1-2-4-18(16)34(19,31)32/h1-10,12H,11H2,(H2,24,25)(H,26,29)(H,28,30). The molecule has 3 heterocycles. The third-order valence-corrected chi connectivity index (χ3v) is 8.13. The van der Waals surface area contributed by atoms with Crippen LogP contribution in [-0.4, -0.2) is 30.2 Å². The molecule has 4 aromatic rings. The van der Waals surface area contributed by atoms with Crippen molar-refractivity contribution in [1.29, 1.82) is 0 Å². The van der Waals surface area contributed by atoms with Gasteiger partial charge in [-0.2, -0.15) is 0 Å². The number of nitrogen functional groups attached to an aromatic ring is 1. The summed E-state index contributed by atoms with van der Waals surface area (Å²) < 4.78 is 26.2. The molecule has 0 radical (unpaired) electrons. The number of nitrogens with two attached hydrogens (primary N) is 1. The molecule has 2 amide bonds. The summed E-state index contributed by atoms with van der Waals surface area (Å²) in [4.78, 5) is 34.4. The number of aromatic nitrogens is 2. The number of nitrogens with zero attached hydrogens (tertiary/aromatic N) is 2. The summed E-state index contributed by atoms with van der Waals surface area (Å²) in [6.45, 7) is 0.228. The van der Waals surface area contributed by atoms with Crippen molar-refractivity contribution in [2.24, 2.45) is 0 Å². The van der Waals surface area contributed by atoms with Crippen LogP contribution in [0.3, 0.4) is 0 Å². The van der Waals surface area contributed by atoms with Gasteiger partial charge in [-0.3, -0.25) is 9.59 Å². The average Bonchev–Trinajstić information content (AvgIpc) is 3.29. The van der Waals surface area contributed by atoms with E-state index in [4.69, 9.17) is 5.73 Å². The normalized spacial score (nSPS) is 13.8. The summed E-state index contributed by atoms with van der Waals surface area (Å²) in [6, 6.07) is 13.6. The number of anilines is 2. The molecular weight excluding hydrogens is 474 g/mol. The number of sulfone groups is 1. The minimum absolute atomic E-state index is 0.0574. The number of fused-ring (bicyclic) bond motifs is 2. The van der Waals surface area contributed by atoms with Gasteiger partial charge in [0.15, 0.2) is 0 Å². The fourth-order valence-electron chi connectivity index (χ4n) is 3.52. The molecule has 9 nitrogen and oxygen atoms in total. The van der Waals surface area contributed by atoms with Gasteiger partial charge in [-0.1, -0.05) is 12.1 Å². The molecule has 0 atom stereocenters. The lowest BCUT2D eigenvalue weighted by Crippen LogP contribution is -2.22. The quantitative estimate of drug-likeness (QED) is 0.398. The van der Waals surface area contributed by atoms with E-state index in [9.17, 15) is 18.0 Å². The summed E-state index contributed by atoms with van der Waals surface area (Å²) >= 11 is 1.40. The van der Waals surface area contributed by atoms with Gasteiger partial charge < -0.3 is 16.4 Å². The second-order valence-corrected chi connectivity index (χ2v) is 10.5. The first-order valence-corrected chi connectivity index (χ1v) is 12.4. The van der Waals surface area contributed by atoms with E-state index in [-0.39, 0.29) is 33.2 Å². The van der Waals surface area contributed by atoms with Crippen molar-refractivity contribution in [3.05, 3.63) is 83.0 Å². The zero-order valence-corrected chi connectivity index (χ0v) is 19.1. The molecule has 1 aliphatic heterocycles. The molecule has 0 saturated carbocycles. The largest absolute Gasteiger partial charge is 0.384 e. The molecule has 2 aromatic carbocycles. The summed E-state index contributed by atoms with van der Waals surface area (Å²) in [6.07, 6.45) is 3.30. The highest BCUT2D eigenvalue weighted by molar-refractivity contribution is 7.91. The van der Waals surface area contributed by atoms with Crippen molar-refractivity contribution in [1.82, 2.24) is 15.3 Å². The van der Waals surface area contributed by atoms with Crippen molar-refractivity contribution >= 4 is 44.5 Å². The van der Waals surface area contributed by atoms with Crippen molar-refractivity contribution in [2.45, 2.75) is 16.3 Å².